The molecule has 0 radical (unpaired) electrons. The molecule has 6 nitrogen and oxygen atoms in total. The number of carbonyl (C=O) groups excluding carboxylic acids is 1. The maximum atomic E-state index is 13.4. The molecule has 2 aliphatic heterocycles. The molecule has 7 heteroatoms. The zero-order valence-electron chi connectivity index (χ0n) is 12.1. The van der Waals surface area contributed by atoms with Gasteiger partial charge in [0.2, 0.25) is 0 Å². The maximum Gasteiger partial charge on any atom is 0.254 e. The molecule has 1 fully saturated rings. The largest absolute Gasteiger partial charge is 0.400 e. The molecule has 0 aliphatic carbocycles. The molecule has 3 N–H and O–H groups in total. The summed E-state index contributed by atoms with van der Waals surface area (Å²) >= 11 is 0. The van der Waals surface area contributed by atoms with Crippen LogP contribution in [0.25, 0.3) is 0 Å². The molecular formula is C15H18FN5O. The van der Waals surface area contributed by atoms with E-state index in [1.54, 1.807) is 12.3 Å². The van der Waals surface area contributed by atoms with Crippen LogP contribution in [0.4, 0.5) is 15.9 Å². The minimum absolute atomic E-state index is 0.215. The fraction of sp³-hybridized carbons (Fsp3) is 0.400. The molecule has 0 saturated carbocycles. The van der Waals surface area contributed by atoms with E-state index in [0.717, 1.165) is 18.8 Å². The van der Waals surface area contributed by atoms with Crippen LogP contribution >= 0.6 is 0 Å². The Morgan fingerprint density at radius 3 is 3.00 bits per heavy atom. The number of hydrogen-bond acceptors (Lipinski definition) is 5. The van der Waals surface area contributed by atoms with Gasteiger partial charge in [-0.15, -0.1) is 0 Å². The number of amides is 1. The molecular weight excluding hydrogens is 285 g/mol. The first-order chi connectivity index (χ1) is 10.6. The molecule has 3 heterocycles. The molecule has 0 unspecified atom stereocenters. The zero-order chi connectivity index (χ0) is 15.5. The van der Waals surface area contributed by atoms with Crippen molar-refractivity contribution in [2.24, 2.45) is 10.7 Å². The first-order valence-corrected chi connectivity index (χ1v) is 7.29. The third-order valence-electron chi connectivity index (χ3n) is 3.79. The second-order valence-electron chi connectivity index (χ2n) is 5.44. The number of alkyl halides is 1. The molecule has 2 aliphatic rings. The molecule has 1 saturated heterocycles. The summed E-state index contributed by atoms with van der Waals surface area (Å²) in [5, 5.41) is 2.62. The van der Waals surface area contributed by atoms with Crippen molar-refractivity contribution in [2.45, 2.75) is 19.0 Å². The summed E-state index contributed by atoms with van der Waals surface area (Å²) in [4.78, 5) is 22.0. The SMILES string of the molecule is NC1=C(C=Nc2ccc(N3CCC[C@H](F)C3)nc2)C(=O)NC1. The quantitative estimate of drug-likeness (QED) is 0.818. The smallest absolute Gasteiger partial charge is 0.254 e. The molecule has 1 aromatic rings. The predicted octanol–water partition coefficient (Wildman–Crippen LogP) is 1.06. The van der Waals surface area contributed by atoms with Crippen molar-refractivity contribution in [3.8, 4) is 0 Å². The molecule has 0 bridgehead atoms. The highest BCUT2D eigenvalue weighted by molar-refractivity contribution is 6.15. The van der Waals surface area contributed by atoms with Gasteiger partial charge < -0.3 is 16.0 Å². The number of nitrogens with two attached hydrogens (primary N) is 1. The van der Waals surface area contributed by atoms with Gasteiger partial charge in [0.05, 0.1) is 30.5 Å². The summed E-state index contributed by atoms with van der Waals surface area (Å²) < 4.78 is 13.4. The fourth-order valence-electron chi connectivity index (χ4n) is 2.57. The van der Waals surface area contributed by atoms with Crippen molar-refractivity contribution < 1.29 is 9.18 Å². The lowest BCUT2D eigenvalue weighted by Gasteiger charge is -2.29. The van der Waals surface area contributed by atoms with Crippen molar-refractivity contribution in [3.63, 3.8) is 0 Å². The Hall–Kier alpha value is -2.44. The van der Waals surface area contributed by atoms with Gasteiger partial charge in [0.15, 0.2) is 0 Å². The first kappa shape index (κ1) is 14.5. The lowest BCUT2D eigenvalue weighted by Crippen LogP contribution is -2.36. The maximum absolute atomic E-state index is 13.4. The summed E-state index contributed by atoms with van der Waals surface area (Å²) in [7, 11) is 0. The van der Waals surface area contributed by atoms with Crippen molar-refractivity contribution in [3.05, 3.63) is 29.6 Å². The third kappa shape index (κ3) is 3.08. The number of piperidine rings is 1. The van der Waals surface area contributed by atoms with E-state index >= 15 is 0 Å². The lowest BCUT2D eigenvalue weighted by atomic mass is 10.1. The van der Waals surface area contributed by atoms with E-state index in [1.807, 2.05) is 11.0 Å². The number of aromatic nitrogens is 1. The minimum Gasteiger partial charge on any atom is -0.400 e. The molecule has 1 amide bonds. The van der Waals surface area contributed by atoms with E-state index in [9.17, 15) is 9.18 Å². The summed E-state index contributed by atoms with van der Waals surface area (Å²) in [6, 6.07) is 3.61. The van der Waals surface area contributed by atoms with Gasteiger partial charge in [0.1, 0.15) is 12.0 Å². The second-order valence-corrected chi connectivity index (χ2v) is 5.44. The Morgan fingerprint density at radius 1 is 1.50 bits per heavy atom. The average Bonchev–Trinajstić information content (AvgIpc) is 2.84. The Morgan fingerprint density at radius 2 is 2.36 bits per heavy atom. The van der Waals surface area contributed by atoms with Gasteiger partial charge in [0.25, 0.3) is 5.91 Å². The Bertz CT molecular complexity index is 625. The third-order valence-corrected chi connectivity index (χ3v) is 3.79. The number of hydrogen-bond donors (Lipinski definition) is 2. The van der Waals surface area contributed by atoms with E-state index in [4.69, 9.17) is 5.73 Å². The molecule has 22 heavy (non-hydrogen) atoms. The predicted molar refractivity (Wildman–Crippen MR) is 83.0 cm³/mol. The van der Waals surface area contributed by atoms with Crippen LogP contribution in [-0.2, 0) is 4.79 Å². The van der Waals surface area contributed by atoms with Gasteiger partial charge in [-0.05, 0) is 25.0 Å². The van der Waals surface area contributed by atoms with Gasteiger partial charge in [0, 0.05) is 18.5 Å². The first-order valence-electron chi connectivity index (χ1n) is 7.29. The number of halogens is 1. The normalized spacial score (nSPS) is 22.5. The van der Waals surface area contributed by atoms with E-state index in [0.29, 0.717) is 36.5 Å². The van der Waals surface area contributed by atoms with Crippen LogP contribution in [0.15, 0.2) is 34.6 Å². The zero-order valence-corrected chi connectivity index (χ0v) is 12.1. The summed E-state index contributed by atoms with van der Waals surface area (Å²) in [5.74, 6) is 0.534. The number of nitrogens with one attached hydrogen (secondary N) is 1. The number of aliphatic imine (C=N–C) groups is 1. The van der Waals surface area contributed by atoms with Crippen molar-refractivity contribution >= 4 is 23.6 Å². The topological polar surface area (TPSA) is 83.6 Å². The average molecular weight is 303 g/mol. The Kier molecular flexibility index (Phi) is 4.04. The molecule has 0 aromatic carbocycles. The summed E-state index contributed by atoms with van der Waals surface area (Å²) in [5.41, 5.74) is 7.21. The monoisotopic (exact) mass is 303 g/mol. The van der Waals surface area contributed by atoms with Gasteiger partial charge in [-0.25, -0.2) is 9.37 Å². The lowest BCUT2D eigenvalue weighted by molar-refractivity contribution is -0.116. The standard InChI is InChI=1S/C15H18FN5O/c16-10-2-1-5-21(9-10)14-4-3-11(6-19-14)18-7-12-13(17)8-20-15(12)22/h3-4,6-7,10H,1-2,5,8-9,17H2,(H,20,22)/t10-/m0/s1. The molecule has 116 valence electrons. The Balaban J connectivity index is 1.69. The number of nitrogens with zero attached hydrogens (tertiary/aromatic N) is 3. The summed E-state index contributed by atoms with van der Waals surface area (Å²) in [6.45, 7) is 1.57. The van der Waals surface area contributed by atoms with Crippen LogP contribution < -0.4 is 16.0 Å². The van der Waals surface area contributed by atoms with Gasteiger partial charge in [-0.2, -0.15) is 0 Å². The Labute approximate surface area is 127 Å². The van der Waals surface area contributed by atoms with Gasteiger partial charge >= 0.3 is 0 Å². The van der Waals surface area contributed by atoms with Crippen LogP contribution in [-0.4, -0.2) is 42.9 Å². The number of pyridine rings is 1. The number of rotatable bonds is 3. The van der Waals surface area contributed by atoms with Crippen molar-refractivity contribution in [1.29, 1.82) is 0 Å². The minimum atomic E-state index is -0.788. The van der Waals surface area contributed by atoms with E-state index in [1.165, 1.54) is 6.21 Å². The molecule has 1 atom stereocenters. The van der Waals surface area contributed by atoms with Crippen LogP contribution in [0.5, 0.6) is 0 Å². The molecule has 1 aromatic heterocycles. The number of anilines is 1. The van der Waals surface area contributed by atoms with Crippen molar-refractivity contribution in [2.75, 3.05) is 24.5 Å². The highest BCUT2D eigenvalue weighted by atomic mass is 19.1. The summed E-state index contributed by atoms with van der Waals surface area (Å²) in [6.07, 6.45) is 3.73. The fourth-order valence-corrected chi connectivity index (χ4v) is 2.57. The second kappa shape index (κ2) is 6.13. The molecule has 0 spiro atoms. The van der Waals surface area contributed by atoms with E-state index in [2.05, 4.69) is 15.3 Å². The van der Waals surface area contributed by atoms with Crippen LogP contribution in [0.3, 0.4) is 0 Å². The highest BCUT2D eigenvalue weighted by Gasteiger charge is 2.20. The van der Waals surface area contributed by atoms with E-state index in [-0.39, 0.29) is 5.91 Å². The molecule has 3 rings (SSSR count). The van der Waals surface area contributed by atoms with Crippen LogP contribution in [0, 0.1) is 0 Å². The van der Waals surface area contributed by atoms with Gasteiger partial charge in [-0.1, -0.05) is 0 Å². The number of carbonyl (C=O) groups is 1. The highest BCUT2D eigenvalue weighted by Crippen LogP contribution is 2.21. The van der Waals surface area contributed by atoms with Crippen LogP contribution in [0.1, 0.15) is 12.8 Å². The van der Waals surface area contributed by atoms with Gasteiger partial charge in [-0.3, -0.25) is 9.79 Å². The van der Waals surface area contributed by atoms with Crippen molar-refractivity contribution in [1.82, 2.24) is 10.3 Å². The van der Waals surface area contributed by atoms with E-state index < -0.39 is 6.17 Å². The van der Waals surface area contributed by atoms with Crippen LogP contribution in [0.2, 0.25) is 0 Å².